The molecule has 1 nitrogen and oxygen atoms in total. The van der Waals surface area contributed by atoms with Crippen molar-refractivity contribution < 1.29 is 5.11 Å². The summed E-state index contributed by atoms with van der Waals surface area (Å²) in [6.45, 7) is 3.44. The van der Waals surface area contributed by atoms with E-state index in [0.29, 0.717) is 0 Å². The average molecular weight is 181 g/mol. The van der Waals surface area contributed by atoms with Crippen LogP contribution < -0.4 is 0 Å². The van der Waals surface area contributed by atoms with E-state index in [1.165, 1.54) is 0 Å². The predicted molar refractivity (Wildman–Crippen MR) is 41.2 cm³/mol. The molecule has 0 fully saturated rings. The van der Waals surface area contributed by atoms with Crippen LogP contribution in [0.5, 0.6) is 0 Å². The lowest BCUT2D eigenvalue weighted by Crippen LogP contribution is -1.85. The van der Waals surface area contributed by atoms with E-state index < -0.39 is 0 Å². The topological polar surface area (TPSA) is 20.2 Å². The van der Waals surface area contributed by atoms with Crippen LogP contribution >= 0.6 is 35.6 Å². The molecule has 0 unspecified atom stereocenters. The normalized spacial score (nSPS) is 6.75. The molecule has 54 valence electrons. The van der Waals surface area contributed by atoms with E-state index in [1.54, 1.807) is 13.8 Å². The molecule has 0 atom stereocenters. The molecule has 0 radical (unpaired) electrons. The summed E-state index contributed by atoms with van der Waals surface area (Å²) in [5.41, 5.74) is 0. The van der Waals surface area contributed by atoms with Crippen molar-refractivity contribution >= 4 is 35.6 Å². The highest BCUT2D eigenvalue weighted by atomic mass is 35.5. The molecule has 0 aliphatic rings. The molecule has 0 bridgehead atoms. The van der Waals surface area contributed by atoms with E-state index in [4.69, 9.17) is 28.3 Å². The van der Waals surface area contributed by atoms with Crippen molar-refractivity contribution in [3.8, 4) is 0 Å². The van der Waals surface area contributed by atoms with E-state index in [-0.39, 0.29) is 23.9 Å². The molecular formula is C4H11Cl3O. The zero-order valence-corrected chi connectivity index (χ0v) is 7.22. The van der Waals surface area contributed by atoms with Gasteiger partial charge in [-0.15, -0.1) is 35.6 Å². The van der Waals surface area contributed by atoms with Crippen LogP contribution in [0.3, 0.4) is 0 Å². The molecule has 0 heterocycles. The van der Waals surface area contributed by atoms with Crippen LogP contribution in [-0.4, -0.2) is 16.5 Å². The lowest BCUT2D eigenvalue weighted by molar-refractivity contribution is 0.216. The minimum atomic E-state index is -0.167. The van der Waals surface area contributed by atoms with Crippen molar-refractivity contribution in [2.45, 2.75) is 20.0 Å². The average Bonchev–Trinajstić information content (AvgIpc) is 1.33. The van der Waals surface area contributed by atoms with Gasteiger partial charge in [-0.3, -0.25) is 0 Å². The van der Waals surface area contributed by atoms with Crippen molar-refractivity contribution in [3.05, 3.63) is 0 Å². The molecule has 0 saturated heterocycles. The van der Waals surface area contributed by atoms with Gasteiger partial charge in [-0.2, -0.15) is 0 Å². The second-order valence-corrected chi connectivity index (χ2v) is 2.00. The Kier molecular flexibility index (Phi) is 31.2. The molecule has 0 aromatic carbocycles. The Hall–Kier alpha value is 0.830. The summed E-state index contributed by atoms with van der Waals surface area (Å²) in [5, 5.41) is 8.25. The van der Waals surface area contributed by atoms with Crippen molar-refractivity contribution in [1.82, 2.24) is 0 Å². The SMILES string of the molecule is CC(C)O.Cl.ClCCl. The predicted octanol–water partition coefficient (Wildman–Crippen LogP) is 2.23. The van der Waals surface area contributed by atoms with Gasteiger partial charge in [-0.1, -0.05) is 0 Å². The smallest absolute Gasteiger partial charge is 0.0967 e. The number of aliphatic hydroxyl groups excluding tert-OH is 1. The van der Waals surface area contributed by atoms with Gasteiger partial charge >= 0.3 is 0 Å². The largest absolute Gasteiger partial charge is 0.394 e. The highest BCUT2D eigenvalue weighted by molar-refractivity contribution is 6.40. The molecule has 0 aliphatic heterocycles. The minimum Gasteiger partial charge on any atom is -0.394 e. The summed E-state index contributed by atoms with van der Waals surface area (Å²) in [5.74, 6) is 0. The third-order valence-electron chi connectivity index (χ3n) is 0. The first-order valence-corrected chi connectivity index (χ1v) is 3.02. The van der Waals surface area contributed by atoms with Crippen molar-refractivity contribution in [1.29, 1.82) is 0 Å². The number of rotatable bonds is 0. The van der Waals surface area contributed by atoms with Crippen molar-refractivity contribution in [2.24, 2.45) is 0 Å². The zero-order chi connectivity index (χ0) is 6.28. The fourth-order valence-electron chi connectivity index (χ4n) is 0. The Morgan fingerprint density at radius 3 is 1.38 bits per heavy atom. The molecule has 0 aromatic heterocycles. The van der Waals surface area contributed by atoms with Crippen LogP contribution in [0, 0.1) is 0 Å². The van der Waals surface area contributed by atoms with Gasteiger partial charge in [0.15, 0.2) is 0 Å². The van der Waals surface area contributed by atoms with Crippen LogP contribution in [0.2, 0.25) is 0 Å². The maximum absolute atomic E-state index is 8.06. The summed E-state index contributed by atoms with van der Waals surface area (Å²) in [6, 6.07) is 0. The van der Waals surface area contributed by atoms with Crippen molar-refractivity contribution in [2.75, 3.05) is 5.34 Å². The van der Waals surface area contributed by atoms with Gasteiger partial charge in [-0.25, -0.2) is 0 Å². The van der Waals surface area contributed by atoms with Crippen molar-refractivity contribution in [3.63, 3.8) is 0 Å². The summed E-state index contributed by atoms with van der Waals surface area (Å²) < 4.78 is 0. The summed E-state index contributed by atoms with van der Waals surface area (Å²) in [7, 11) is 0. The Morgan fingerprint density at radius 1 is 1.38 bits per heavy atom. The van der Waals surface area contributed by atoms with Gasteiger partial charge in [0, 0.05) is 6.10 Å². The maximum Gasteiger partial charge on any atom is 0.0967 e. The van der Waals surface area contributed by atoms with E-state index >= 15 is 0 Å². The lowest BCUT2D eigenvalue weighted by atomic mass is 10.5. The van der Waals surface area contributed by atoms with Gasteiger partial charge in [0.1, 0.15) is 0 Å². The Balaban J connectivity index is -0.0000000575. The highest BCUT2D eigenvalue weighted by Gasteiger charge is 1.69. The molecule has 0 rings (SSSR count). The molecule has 8 heavy (non-hydrogen) atoms. The highest BCUT2D eigenvalue weighted by Crippen LogP contribution is 1.73. The minimum absolute atomic E-state index is 0. The third-order valence-corrected chi connectivity index (χ3v) is 0. The van der Waals surface area contributed by atoms with E-state index in [0.717, 1.165) is 0 Å². The van der Waals surface area contributed by atoms with Crippen LogP contribution in [0.25, 0.3) is 0 Å². The van der Waals surface area contributed by atoms with Crippen LogP contribution in [0.15, 0.2) is 0 Å². The van der Waals surface area contributed by atoms with Gasteiger partial charge < -0.3 is 5.11 Å². The summed E-state index contributed by atoms with van der Waals surface area (Å²) >= 11 is 9.53. The molecule has 1 N–H and O–H groups in total. The summed E-state index contributed by atoms with van der Waals surface area (Å²) in [4.78, 5) is 0. The van der Waals surface area contributed by atoms with Crippen LogP contribution in [0.1, 0.15) is 13.8 Å². The second-order valence-electron chi connectivity index (χ2n) is 1.19. The monoisotopic (exact) mass is 180 g/mol. The Bertz CT molecular complexity index is 22.5. The Morgan fingerprint density at radius 2 is 1.38 bits per heavy atom. The van der Waals surface area contributed by atoms with E-state index in [9.17, 15) is 0 Å². The molecule has 4 heteroatoms. The maximum atomic E-state index is 8.06. The second kappa shape index (κ2) is 15.7. The number of hydrogen-bond acceptors (Lipinski definition) is 1. The van der Waals surface area contributed by atoms with Gasteiger partial charge in [0.25, 0.3) is 0 Å². The number of halogens is 3. The standard InChI is InChI=1S/C3H8O.CH2Cl2.ClH/c1-3(2)4;2-1-3;/h3-4H,1-2H3;1H2;1H. The van der Waals surface area contributed by atoms with E-state index in [1.807, 2.05) is 0 Å². The summed E-state index contributed by atoms with van der Waals surface area (Å²) in [6.07, 6.45) is -0.167. The van der Waals surface area contributed by atoms with Gasteiger partial charge in [0.05, 0.1) is 5.34 Å². The quantitative estimate of drug-likeness (QED) is 0.568. The number of hydrogen-bond donors (Lipinski definition) is 1. The molecule has 0 saturated carbocycles. The first kappa shape index (κ1) is 15.9. The molecular weight excluding hydrogens is 170 g/mol. The first-order chi connectivity index (χ1) is 3.15. The van der Waals surface area contributed by atoms with Crippen LogP contribution in [-0.2, 0) is 0 Å². The third kappa shape index (κ3) is 337. The Labute approximate surface area is 66.4 Å². The number of alkyl halides is 2. The molecule has 0 amide bonds. The van der Waals surface area contributed by atoms with Gasteiger partial charge in [0.2, 0.25) is 0 Å². The molecule has 0 aliphatic carbocycles. The fraction of sp³-hybridized carbons (Fsp3) is 1.00. The fourth-order valence-corrected chi connectivity index (χ4v) is 0. The van der Waals surface area contributed by atoms with E-state index in [2.05, 4.69) is 0 Å². The molecule has 0 spiro atoms. The van der Waals surface area contributed by atoms with Gasteiger partial charge in [-0.05, 0) is 13.8 Å². The number of aliphatic hydroxyl groups is 1. The lowest BCUT2D eigenvalue weighted by Gasteiger charge is -1.80. The first-order valence-electron chi connectivity index (χ1n) is 1.95. The van der Waals surface area contributed by atoms with Crippen LogP contribution in [0.4, 0.5) is 0 Å². The molecule has 0 aromatic rings. The zero-order valence-electron chi connectivity index (χ0n) is 4.90.